The molecule has 8 nitrogen and oxygen atoms in total. The lowest BCUT2D eigenvalue weighted by Gasteiger charge is -2.37. The largest absolute Gasteiger partial charge is 0.508 e. The molecule has 2 atom stereocenters. The number of carbonyl (C=O) groups excluding carboxylic acids is 3. The van der Waals surface area contributed by atoms with Crippen LogP contribution in [0.5, 0.6) is 5.75 Å². The van der Waals surface area contributed by atoms with Gasteiger partial charge in [-0.1, -0.05) is 35.9 Å². The van der Waals surface area contributed by atoms with Crippen LogP contribution in [-0.2, 0) is 20.7 Å². The Morgan fingerprint density at radius 3 is 2.13 bits per heavy atom. The molecule has 1 fully saturated rings. The molecule has 2 aromatic carbocycles. The maximum atomic E-state index is 14.4. The SMILES string of the molecule is Cc1ccc(C(C(=O)NC(C)(C)C)N(C(=O)C(Cc2ccc(O)cc2)NC(=O)OC(C)(C)C)C2CC2)c(C)c1. The van der Waals surface area contributed by atoms with Gasteiger partial charge >= 0.3 is 6.09 Å². The second-order valence-corrected chi connectivity index (χ2v) is 12.5. The number of aromatic hydroxyl groups is 1. The van der Waals surface area contributed by atoms with Crippen molar-refractivity contribution in [1.82, 2.24) is 15.5 Å². The molecule has 39 heavy (non-hydrogen) atoms. The van der Waals surface area contributed by atoms with Crippen molar-refractivity contribution in [3.63, 3.8) is 0 Å². The highest BCUT2D eigenvalue weighted by molar-refractivity contribution is 5.93. The van der Waals surface area contributed by atoms with Gasteiger partial charge in [0, 0.05) is 18.0 Å². The van der Waals surface area contributed by atoms with Crippen LogP contribution in [0.4, 0.5) is 4.79 Å². The van der Waals surface area contributed by atoms with E-state index in [1.807, 2.05) is 52.8 Å². The highest BCUT2D eigenvalue weighted by atomic mass is 16.6. The Kier molecular flexibility index (Phi) is 8.98. The van der Waals surface area contributed by atoms with Gasteiger partial charge in [0.1, 0.15) is 23.4 Å². The predicted octanol–water partition coefficient (Wildman–Crippen LogP) is 5.09. The summed E-state index contributed by atoms with van der Waals surface area (Å²) in [5, 5.41) is 15.6. The van der Waals surface area contributed by atoms with Crippen LogP contribution in [0.25, 0.3) is 0 Å². The molecule has 2 unspecified atom stereocenters. The molecule has 2 aromatic rings. The number of benzene rings is 2. The highest BCUT2D eigenvalue weighted by Gasteiger charge is 2.45. The summed E-state index contributed by atoms with van der Waals surface area (Å²) >= 11 is 0. The summed E-state index contributed by atoms with van der Waals surface area (Å²) in [6.45, 7) is 14.9. The quantitative estimate of drug-likeness (QED) is 0.435. The fourth-order valence-electron chi connectivity index (χ4n) is 4.56. The first-order chi connectivity index (χ1) is 18.0. The van der Waals surface area contributed by atoms with E-state index in [1.54, 1.807) is 37.8 Å². The summed E-state index contributed by atoms with van der Waals surface area (Å²) in [5.41, 5.74) is 2.22. The predicted molar refractivity (Wildman–Crippen MR) is 151 cm³/mol. The molecular weight excluding hydrogens is 494 g/mol. The van der Waals surface area contributed by atoms with Crippen molar-refractivity contribution in [1.29, 1.82) is 0 Å². The van der Waals surface area contributed by atoms with E-state index in [0.717, 1.165) is 35.1 Å². The summed E-state index contributed by atoms with van der Waals surface area (Å²) in [4.78, 5) is 42.8. The molecule has 212 valence electrons. The van der Waals surface area contributed by atoms with E-state index < -0.39 is 29.3 Å². The van der Waals surface area contributed by atoms with Gasteiger partial charge in [0.2, 0.25) is 11.8 Å². The second-order valence-electron chi connectivity index (χ2n) is 12.5. The lowest BCUT2D eigenvalue weighted by atomic mass is 9.94. The van der Waals surface area contributed by atoms with Gasteiger partial charge in [-0.05, 0) is 97.1 Å². The van der Waals surface area contributed by atoms with Crippen molar-refractivity contribution in [2.24, 2.45) is 0 Å². The Labute approximate surface area is 232 Å². The number of phenols is 1. The van der Waals surface area contributed by atoms with Crippen molar-refractivity contribution in [2.45, 2.75) is 104 Å². The Morgan fingerprint density at radius 1 is 1.00 bits per heavy atom. The Hall–Kier alpha value is -3.55. The monoisotopic (exact) mass is 537 g/mol. The molecule has 0 radical (unpaired) electrons. The van der Waals surface area contributed by atoms with Crippen molar-refractivity contribution in [3.8, 4) is 5.75 Å². The molecule has 0 bridgehead atoms. The van der Waals surface area contributed by atoms with E-state index >= 15 is 0 Å². The first-order valence-electron chi connectivity index (χ1n) is 13.5. The van der Waals surface area contributed by atoms with Gasteiger partial charge in [0.15, 0.2) is 0 Å². The number of phenolic OH excluding ortho intramolecular Hbond substituents is 1. The summed E-state index contributed by atoms with van der Waals surface area (Å²) in [6.07, 6.45) is 1.00. The molecule has 0 spiro atoms. The number of hydrogen-bond donors (Lipinski definition) is 3. The minimum atomic E-state index is -0.985. The lowest BCUT2D eigenvalue weighted by molar-refractivity contribution is -0.143. The smallest absolute Gasteiger partial charge is 0.408 e. The number of rotatable bonds is 8. The van der Waals surface area contributed by atoms with Crippen molar-refractivity contribution in [3.05, 3.63) is 64.7 Å². The number of nitrogens with one attached hydrogen (secondary N) is 2. The van der Waals surface area contributed by atoms with Crippen molar-refractivity contribution in [2.75, 3.05) is 0 Å². The Bertz CT molecular complexity index is 1190. The van der Waals surface area contributed by atoms with Gasteiger partial charge in [-0.25, -0.2) is 4.79 Å². The number of nitrogens with zero attached hydrogens (tertiary/aromatic N) is 1. The minimum absolute atomic E-state index is 0.107. The molecule has 0 heterocycles. The molecular formula is C31H43N3O5. The van der Waals surface area contributed by atoms with Gasteiger partial charge in [-0.15, -0.1) is 0 Å². The van der Waals surface area contributed by atoms with Crippen LogP contribution in [0, 0.1) is 13.8 Å². The molecule has 1 saturated carbocycles. The van der Waals surface area contributed by atoms with Gasteiger partial charge in [-0.3, -0.25) is 9.59 Å². The molecule has 0 saturated heterocycles. The van der Waals surface area contributed by atoms with E-state index in [4.69, 9.17) is 4.74 Å². The standard InChI is InChI=1S/C31H43N3O5/c1-19-9-16-24(20(2)17-19)26(27(36)33-30(3,4)5)34(22-12-13-22)28(37)25(32-29(38)39-31(6,7)8)18-21-10-14-23(35)15-11-21/h9-11,14-17,22,25-26,35H,12-13,18H2,1-8H3,(H,32,38)(H,33,36). The summed E-state index contributed by atoms with van der Waals surface area (Å²) in [7, 11) is 0. The van der Waals surface area contributed by atoms with Crippen LogP contribution in [0.2, 0.25) is 0 Å². The van der Waals surface area contributed by atoms with Gasteiger partial charge < -0.3 is 25.4 Å². The highest BCUT2D eigenvalue weighted by Crippen LogP contribution is 2.37. The molecule has 3 amide bonds. The minimum Gasteiger partial charge on any atom is -0.508 e. The number of alkyl carbamates (subject to hydrolysis) is 1. The van der Waals surface area contributed by atoms with Gasteiger partial charge in [0.25, 0.3) is 0 Å². The lowest BCUT2D eigenvalue weighted by Crippen LogP contribution is -2.56. The number of hydrogen-bond acceptors (Lipinski definition) is 5. The second kappa shape index (κ2) is 11.7. The van der Waals surface area contributed by atoms with Crippen LogP contribution < -0.4 is 10.6 Å². The molecule has 1 aliphatic rings. The van der Waals surface area contributed by atoms with Crippen LogP contribution in [0.15, 0.2) is 42.5 Å². The van der Waals surface area contributed by atoms with E-state index in [2.05, 4.69) is 10.6 Å². The van der Waals surface area contributed by atoms with Crippen LogP contribution in [0.1, 0.15) is 82.7 Å². The van der Waals surface area contributed by atoms with Crippen LogP contribution in [-0.4, -0.2) is 51.1 Å². The maximum Gasteiger partial charge on any atom is 0.408 e. The summed E-state index contributed by atoms with van der Waals surface area (Å²) < 4.78 is 5.48. The zero-order chi connectivity index (χ0) is 29.1. The van der Waals surface area contributed by atoms with Gasteiger partial charge in [-0.2, -0.15) is 0 Å². The first kappa shape index (κ1) is 30.0. The number of carbonyl (C=O) groups is 3. The molecule has 3 rings (SSSR count). The third kappa shape index (κ3) is 8.73. The third-order valence-corrected chi connectivity index (χ3v) is 6.30. The van der Waals surface area contributed by atoms with Crippen molar-refractivity contribution >= 4 is 17.9 Å². The first-order valence-corrected chi connectivity index (χ1v) is 13.5. The topological polar surface area (TPSA) is 108 Å². The molecule has 0 aliphatic heterocycles. The average molecular weight is 538 g/mol. The molecule has 0 aromatic heterocycles. The number of ether oxygens (including phenoxy) is 1. The Balaban J connectivity index is 2.05. The van der Waals surface area contributed by atoms with Crippen LogP contribution >= 0.6 is 0 Å². The summed E-state index contributed by atoms with van der Waals surface area (Å²) in [6, 6.07) is 10.4. The molecule has 8 heteroatoms. The molecule has 3 N–H and O–H groups in total. The van der Waals surface area contributed by atoms with E-state index in [-0.39, 0.29) is 30.0 Å². The van der Waals surface area contributed by atoms with E-state index in [0.29, 0.717) is 0 Å². The zero-order valence-corrected chi connectivity index (χ0v) is 24.4. The fraction of sp³-hybridized carbons (Fsp3) is 0.516. The molecule has 1 aliphatic carbocycles. The summed E-state index contributed by atoms with van der Waals surface area (Å²) in [5.74, 6) is -0.518. The third-order valence-electron chi connectivity index (χ3n) is 6.30. The van der Waals surface area contributed by atoms with Crippen molar-refractivity contribution < 1.29 is 24.2 Å². The average Bonchev–Trinajstić information content (AvgIpc) is 3.61. The Morgan fingerprint density at radius 2 is 1.62 bits per heavy atom. The van der Waals surface area contributed by atoms with E-state index in [9.17, 15) is 19.5 Å². The normalized spacial score (nSPS) is 15.2. The maximum absolute atomic E-state index is 14.4. The zero-order valence-electron chi connectivity index (χ0n) is 24.4. The van der Waals surface area contributed by atoms with Crippen LogP contribution in [0.3, 0.4) is 0 Å². The number of amides is 3. The van der Waals surface area contributed by atoms with Gasteiger partial charge in [0.05, 0.1) is 0 Å². The van der Waals surface area contributed by atoms with E-state index in [1.165, 1.54) is 12.1 Å². The number of aryl methyl sites for hydroxylation is 2. The fourth-order valence-corrected chi connectivity index (χ4v) is 4.56.